The molecule has 2 heterocycles. The fourth-order valence-electron chi connectivity index (χ4n) is 3.53. The van der Waals surface area contributed by atoms with Crippen LogP contribution in [0.25, 0.3) is 28.5 Å². The lowest BCUT2D eigenvalue weighted by atomic mass is 9.96. The Bertz CT molecular complexity index is 1250. The minimum atomic E-state index is 0.143. The molecule has 0 saturated carbocycles. The molecule has 5 heteroatoms. The predicted molar refractivity (Wildman–Crippen MR) is 120 cm³/mol. The van der Waals surface area contributed by atoms with Crippen LogP contribution in [-0.4, -0.2) is 4.98 Å². The second-order valence-electron chi connectivity index (χ2n) is 6.57. The predicted octanol–water partition coefficient (Wildman–Crippen LogP) is 5.98. The van der Waals surface area contributed by atoms with Crippen molar-refractivity contribution in [2.75, 3.05) is 5.73 Å². The van der Waals surface area contributed by atoms with Crippen molar-refractivity contribution in [2.45, 2.75) is 27.7 Å². The highest BCUT2D eigenvalue weighted by Crippen LogP contribution is 2.44. The van der Waals surface area contributed by atoms with Crippen molar-refractivity contribution < 1.29 is 4.42 Å². The maximum Gasteiger partial charge on any atom is 0.142 e. The molecule has 0 bridgehead atoms. The smallest absolute Gasteiger partial charge is 0.142 e. The number of benzene rings is 1. The zero-order valence-electron chi connectivity index (χ0n) is 17.4. The second kappa shape index (κ2) is 8.51. The van der Waals surface area contributed by atoms with Crippen molar-refractivity contribution >= 4 is 23.0 Å². The zero-order valence-corrected chi connectivity index (χ0v) is 17.4. The van der Waals surface area contributed by atoms with Gasteiger partial charge in [-0.3, -0.25) is 0 Å². The van der Waals surface area contributed by atoms with Gasteiger partial charge in [-0.15, -0.1) is 0 Å². The number of nitrogens with two attached hydrogens (primary N) is 1. The summed E-state index contributed by atoms with van der Waals surface area (Å²) in [6.45, 7) is 7.70. The molecule has 3 aromatic rings. The molecule has 148 valence electrons. The van der Waals surface area contributed by atoms with Gasteiger partial charge in [-0.1, -0.05) is 44.2 Å². The van der Waals surface area contributed by atoms with Crippen LogP contribution >= 0.6 is 0 Å². The first-order chi connectivity index (χ1) is 14.5. The van der Waals surface area contributed by atoms with Crippen LogP contribution in [0.3, 0.4) is 0 Å². The van der Waals surface area contributed by atoms with E-state index in [2.05, 4.69) is 17.1 Å². The Balaban J connectivity index is 0.00000124. The molecule has 1 aromatic carbocycles. The molecular formula is C25H22N4O. The summed E-state index contributed by atoms with van der Waals surface area (Å²) in [5.41, 5.74) is 11.3. The molecule has 1 aliphatic carbocycles. The van der Waals surface area contributed by atoms with Gasteiger partial charge in [0.25, 0.3) is 0 Å². The number of allylic oxidation sites excluding steroid dienone is 3. The van der Waals surface area contributed by atoms with Crippen LogP contribution in [0.2, 0.25) is 0 Å². The molecule has 0 atom stereocenters. The lowest BCUT2D eigenvalue weighted by molar-refractivity contribution is 0.572. The Morgan fingerprint density at radius 3 is 2.33 bits per heavy atom. The number of anilines is 1. The average molecular weight is 394 g/mol. The number of hydrogen-bond acceptors (Lipinski definition) is 5. The van der Waals surface area contributed by atoms with Gasteiger partial charge in [0.05, 0.1) is 16.8 Å². The summed E-state index contributed by atoms with van der Waals surface area (Å²) in [5, 5.41) is 19.1. The Kier molecular flexibility index (Phi) is 5.85. The fraction of sp³-hybridized carbons (Fsp3) is 0.160. The van der Waals surface area contributed by atoms with Crippen LogP contribution < -0.4 is 5.73 Å². The van der Waals surface area contributed by atoms with Crippen molar-refractivity contribution in [1.29, 1.82) is 10.5 Å². The number of fused-ring (bicyclic) bond motifs is 1. The highest BCUT2D eigenvalue weighted by atomic mass is 16.3. The second-order valence-corrected chi connectivity index (χ2v) is 6.57. The number of rotatable bonds is 2. The SMILES string of the molecule is CC.CC1=C(C#N)c2nc(N)c(C#N)c(C)c2C1=Cc1ccc(-c2ccccc2)o1. The van der Waals surface area contributed by atoms with Gasteiger partial charge >= 0.3 is 0 Å². The molecule has 2 aromatic heterocycles. The normalized spacial score (nSPS) is 13.3. The first kappa shape index (κ1) is 20.6. The van der Waals surface area contributed by atoms with Crippen molar-refractivity contribution in [2.24, 2.45) is 0 Å². The number of hydrogen-bond donors (Lipinski definition) is 1. The zero-order chi connectivity index (χ0) is 21.8. The van der Waals surface area contributed by atoms with E-state index in [0.29, 0.717) is 22.6 Å². The van der Waals surface area contributed by atoms with Gasteiger partial charge in [0.1, 0.15) is 29.5 Å². The number of pyridine rings is 1. The van der Waals surface area contributed by atoms with Gasteiger partial charge in [0, 0.05) is 11.1 Å². The average Bonchev–Trinajstić information content (AvgIpc) is 3.33. The van der Waals surface area contributed by atoms with Gasteiger partial charge in [0.2, 0.25) is 0 Å². The van der Waals surface area contributed by atoms with Crippen LogP contribution in [0.5, 0.6) is 0 Å². The molecule has 0 spiro atoms. The van der Waals surface area contributed by atoms with Gasteiger partial charge in [-0.25, -0.2) is 4.98 Å². The maximum absolute atomic E-state index is 9.62. The molecule has 0 radical (unpaired) electrons. The molecule has 0 unspecified atom stereocenters. The molecule has 30 heavy (non-hydrogen) atoms. The van der Waals surface area contributed by atoms with E-state index >= 15 is 0 Å². The molecule has 0 aliphatic heterocycles. The van der Waals surface area contributed by atoms with Crippen LogP contribution in [0.4, 0.5) is 5.82 Å². The number of nitriles is 2. The summed E-state index contributed by atoms with van der Waals surface area (Å²) >= 11 is 0. The molecule has 0 amide bonds. The van der Waals surface area contributed by atoms with Crippen molar-refractivity contribution in [1.82, 2.24) is 4.98 Å². The molecule has 1 aliphatic rings. The van der Waals surface area contributed by atoms with Crippen molar-refractivity contribution in [3.05, 3.63) is 76.2 Å². The first-order valence-corrected chi connectivity index (χ1v) is 9.74. The van der Waals surface area contributed by atoms with Crippen molar-refractivity contribution in [3.8, 4) is 23.5 Å². The summed E-state index contributed by atoms with van der Waals surface area (Å²) in [6.07, 6.45) is 1.89. The van der Waals surface area contributed by atoms with E-state index in [4.69, 9.17) is 10.2 Å². The number of nitrogen functional groups attached to an aromatic ring is 1. The van der Waals surface area contributed by atoms with Crippen molar-refractivity contribution in [3.63, 3.8) is 0 Å². The number of aromatic nitrogens is 1. The summed E-state index contributed by atoms with van der Waals surface area (Å²) in [6, 6.07) is 18.0. The maximum atomic E-state index is 9.62. The van der Waals surface area contributed by atoms with Crippen LogP contribution in [0.15, 0.2) is 52.5 Å². The summed E-state index contributed by atoms with van der Waals surface area (Å²) in [4.78, 5) is 4.34. The van der Waals surface area contributed by atoms with E-state index in [-0.39, 0.29) is 5.82 Å². The Morgan fingerprint density at radius 1 is 1.00 bits per heavy atom. The number of nitrogens with zero attached hydrogens (tertiary/aromatic N) is 3. The lowest BCUT2D eigenvalue weighted by Crippen LogP contribution is -2.03. The van der Waals surface area contributed by atoms with E-state index in [1.165, 1.54) is 0 Å². The molecule has 0 fully saturated rings. The molecule has 0 saturated heterocycles. The van der Waals surface area contributed by atoms with Gasteiger partial charge in [-0.05, 0) is 48.8 Å². The topological polar surface area (TPSA) is 99.6 Å². The van der Waals surface area contributed by atoms with Gasteiger partial charge < -0.3 is 10.2 Å². The Hall–Kier alpha value is -4.09. The minimum absolute atomic E-state index is 0.143. The van der Waals surface area contributed by atoms with Crippen LogP contribution in [0.1, 0.15) is 48.9 Å². The van der Waals surface area contributed by atoms with Gasteiger partial charge in [-0.2, -0.15) is 10.5 Å². The lowest BCUT2D eigenvalue weighted by Gasteiger charge is -2.10. The monoisotopic (exact) mass is 394 g/mol. The molecule has 4 rings (SSSR count). The quantitative estimate of drug-likeness (QED) is 0.576. The highest BCUT2D eigenvalue weighted by Gasteiger charge is 2.29. The molecule has 2 N–H and O–H groups in total. The van der Waals surface area contributed by atoms with E-state index in [1.807, 2.05) is 76.2 Å². The largest absolute Gasteiger partial charge is 0.457 e. The van der Waals surface area contributed by atoms with Crippen LogP contribution in [0, 0.1) is 29.6 Å². The Morgan fingerprint density at radius 2 is 1.70 bits per heavy atom. The summed E-state index contributed by atoms with van der Waals surface area (Å²) < 4.78 is 5.99. The van der Waals surface area contributed by atoms with E-state index in [0.717, 1.165) is 33.6 Å². The van der Waals surface area contributed by atoms with Crippen LogP contribution in [-0.2, 0) is 0 Å². The third-order valence-electron chi connectivity index (χ3n) is 4.96. The molecule has 5 nitrogen and oxygen atoms in total. The van der Waals surface area contributed by atoms with E-state index in [1.54, 1.807) is 0 Å². The summed E-state index contributed by atoms with van der Waals surface area (Å²) in [5.74, 6) is 1.57. The third-order valence-corrected chi connectivity index (χ3v) is 4.96. The minimum Gasteiger partial charge on any atom is -0.457 e. The van der Waals surface area contributed by atoms with E-state index in [9.17, 15) is 10.5 Å². The van der Waals surface area contributed by atoms with Gasteiger partial charge in [0.15, 0.2) is 0 Å². The number of furan rings is 1. The fourth-order valence-corrected chi connectivity index (χ4v) is 3.53. The standard InChI is InChI=1S/C23H16N4O.C2H6/c1-13-17(10-16-8-9-20(28-16)15-6-4-3-5-7-15)21-14(2)19(12-25)23(26)27-22(21)18(13)11-24;1-2/h3-10H,1-2H3,(H2,26,27);1-2H3. The Labute approximate surface area is 176 Å². The third kappa shape index (κ3) is 3.38. The first-order valence-electron chi connectivity index (χ1n) is 9.74. The van der Waals surface area contributed by atoms with E-state index < -0.39 is 0 Å². The highest BCUT2D eigenvalue weighted by molar-refractivity contribution is 6.08. The molecular weight excluding hydrogens is 372 g/mol. The summed E-state index contributed by atoms with van der Waals surface area (Å²) in [7, 11) is 0.